The fraction of sp³-hybridized carbons (Fsp3) is 0.600. The number of hydrogen-bond acceptors (Lipinski definition) is 4. The molecule has 1 aromatic rings. The fourth-order valence-electron chi connectivity index (χ4n) is 2.86. The third-order valence-electron chi connectivity index (χ3n) is 3.59. The number of nitrogens with zero attached hydrogens (tertiary/aromatic N) is 1. The van der Waals surface area contributed by atoms with Gasteiger partial charge in [-0.2, -0.15) is 0 Å². The number of ether oxygens (including phenoxy) is 2. The van der Waals surface area contributed by atoms with Crippen LogP contribution in [0.1, 0.15) is 18.9 Å². The van der Waals surface area contributed by atoms with E-state index in [1.807, 2.05) is 6.07 Å². The van der Waals surface area contributed by atoms with E-state index in [-0.39, 0.29) is 6.04 Å². The number of rotatable bonds is 4. The van der Waals surface area contributed by atoms with Crippen molar-refractivity contribution in [1.82, 2.24) is 4.90 Å². The molecular weight excluding hydrogens is 240 g/mol. The summed E-state index contributed by atoms with van der Waals surface area (Å²) >= 11 is 0. The van der Waals surface area contributed by atoms with E-state index in [0.29, 0.717) is 5.92 Å². The van der Waals surface area contributed by atoms with Gasteiger partial charge in [0.15, 0.2) is 0 Å². The molecule has 0 amide bonds. The summed E-state index contributed by atoms with van der Waals surface area (Å²) in [6.07, 6.45) is 1.12. The smallest absolute Gasteiger partial charge is 0.122 e. The van der Waals surface area contributed by atoms with Gasteiger partial charge in [-0.1, -0.05) is 6.92 Å². The molecule has 0 radical (unpaired) electrons. The summed E-state index contributed by atoms with van der Waals surface area (Å²) in [4.78, 5) is 2.41. The number of benzene rings is 1. The van der Waals surface area contributed by atoms with Crippen molar-refractivity contribution in [2.24, 2.45) is 11.7 Å². The molecule has 4 nitrogen and oxygen atoms in total. The Morgan fingerprint density at radius 1 is 1.16 bits per heavy atom. The van der Waals surface area contributed by atoms with Crippen molar-refractivity contribution in [3.05, 3.63) is 23.8 Å². The molecule has 0 spiro atoms. The highest BCUT2D eigenvalue weighted by molar-refractivity contribution is 5.38. The fourth-order valence-corrected chi connectivity index (χ4v) is 2.86. The van der Waals surface area contributed by atoms with Crippen molar-refractivity contribution >= 4 is 0 Å². The molecule has 1 aliphatic rings. The second-order valence-corrected chi connectivity index (χ2v) is 5.52. The molecule has 2 atom stereocenters. The van der Waals surface area contributed by atoms with Crippen molar-refractivity contribution in [2.45, 2.75) is 25.9 Å². The minimum absolute atomic E-state index is 0.288. The number of nitrogens with two attached hydrogens (primary N) is 1. The Bertz CT molecular complexity index is 390. The normalized spacial score (nSPS) is 24.2. The molecule has 4 heteroatoms. The van der Waals surface area contributed by atoms with Crippen LogP contribution >= 0.6 is 0 Å². The molecule has 0 bridgehead atoms. The first-order valence-electron chi connectivity index (χ1n) is 6.80. The lowest BCUT2D eigenvalue weighted by Gasteiger charge is -2.34. The summed E-state index contributed by atoms with van der Waals surface area (Å²) < 4.78 is 10.6. The van der Waals surface area contributed by atoms with Gasteiger partial charge in [0.2, 0.25) is 0 Å². The maximum Gasteiger partial charge on any atom is 0.122 e. The highest BCUT2D eigenvalue weighted by Crippen LogP contribution is 2.25. The van der Waals surface area contributed by atoms with Gasteiger partial charge in [-0.05, 0) is 30.0 Å². The van der Waals surface area contributed by atoms with Crippen LogP contribution in [0.5, 0.6) is 11.5 Å². The molecule has 0 aromatic heterocycles. The topological polar surface area (TPSA) is 47.7 Å². The van der Waals surface area contributed by atoms with Gasteiger partial charge >= 0.3 is 0 Å². The second-order valence-electron chi connectivity index (χ2n) is 5.52. The van der Waals surface area contributed by atoms with Crippen molar-refractivity contribution in [2.75, 3.05) is 27.3 Å². The van der Waals surface area contributed by atoms with E-state index >= 15 is 0 Å². The summed E-state index contributed by atoms with van der Waals surface area (Å²) in [5, 5.41) is 0. The largest absolute Gasteiger partial charge is 0.497 e. The number of piperidine rings is 1. The highest BCUT2D eigenvalue weighted by atomic mass is 16.5. The van der Waals surface area contributed by atoms with Crippen molar-refractivity contribution in [3.63, 3.8) is 0 Å². The number of hydrogen-bond donors (Lipinski definition) is 1. The molecule has 2 N–H and O–H groups in total. The predicted octanol–water partition coefficient (Wildman–Crippen LogP) is 1.87. The number of methoxy groups -OCH3 is 2. The molecule has 19 heavy (non-hydrogen) atoms. The Hall–Kier alpha value is -1.26. The molecule has 1 aliphatic heterocycles. The van der Waals surface area contributed by atoms with Gasteiger partial charge in [-0.25, -0.2) is 0 Å². The highest BCUT2D eigenvalue weighted by Gasteiger charge is 2.22. The molecular formula is C15H24N2O2. The van der Waals surface area contributed by atoms with Crippen LogP contribution in [0.3, 0.4) is 0 Å². The van der Waals surface area contributed by atoms with Crippen molar-refractivity contribution < 1.29 is 9.47 Å². The quantitative estimate of drug-likeness (QED) is 0.902. The van der Waals surface area contributed by atoms with Gasteiger partial charge < -0.3 is 15.2 Å². The molecule has 1 saturated heterocycles. The molecule has 1 heterocycles. The van der Waals surface area contributed by atoms with E-state index in [9.17, 15) is 0 Å². The zero-order valence-electron chi connectivity index (χ0n) is 12.1. The third kappa shape index (κ3) is 3.85. The van der Waals surface area contributed by atoms with Gasteiger partial charge in [0.05, 0.1) is 14.2 Å². The summed E-state index contributed by atoms with van der Waals surface area (Å²) in [5.74, 6) is 2.34. The molecule has 1 aromatic carbocycles. The third-order valence-corrected chi connectivity index (χ3v) is 3.59. The maximum atomic E-state index is 6.09. The molecule has 1 fully saturated rings. The van der Waals surface area contributed by atoms with Gasteiger partial charge in [0.1, 0.15) is 11.5 Å². The summed E-state index contributed by atoms with van der Waals surface area (Å²) in [5.41, 5.74) is 7.30. The van der Waals surface area contributed by atoms with Crippen LogP contribution < -0.4 is 15.2 Å². The van der Waals surface area contributed by atoms with Crippen LogP contribution in [0.2, 0.25) is 0 Å². The van der Waals surface area contributed by atoms with E-state index in [1.165, 1.54) is 5.56 Å². The van der Waals surface area contributed by atoms with Crippen LogP contribution in [-0.4, -0.2) is 38.3 Å². The lowest BCUT2D eigenvalue weighted by Crippen LogP contribution is -2.45. The summed E-state index contributed by atoms with van der Waals surface area (Å²) in [7, 11) is 3.36. The standard InChI is InChI=1S/C15H24N2O2/c1-11-4-13(16)10-17(8-11)9-12-5-14(18-2)7-15(6-12)19-3/h5-7,11,13H,4,8-10,16H2,1-3H3. The molecule has 0 aliphatic carbocycles. The van der Waals surface area contributed by atoms with Crippen molar-refractivity contribution in [1.29, 1.82) is 0 Å². The Labute approximate surface area is 115 Å². The minimum Gasteiger partial charge on any atom is -0.497 e. The monoisotopic (exact) mass is 264 g/mol. The average molecular weight is 264 g/mol. The Morgan fingerprint density at radius 3 is 2.32 bits per heavy atom. The first kappa shape index (κ1) is 14.2. The predicted molar refractivity (Wildman–Crippen MR) is 76.6 cm³/mol. The van der Waals surface area contributed by atoms with Crippen LogP contribution in [0.4, 0.5) is 0 Å². The molecule has 2 rings (SSSR count). The van der Waals surface area contributed by atoms with Crippen LogP contribution in [0, 0.1) is 5.92 Å². The first-order valence-corrected chi connectivity index (χ1v) is 6.80. The Balaban J connectivity index is 2.09. The van der Waals surface area contributed by atoms with Gasteiger partial charge in [-0.15, -0.1) is 0 Å². The van der Waals surface area contributed by atoms with Crippen molar-refractivity contribution in [3.8, 4) is 11.5 Å². The van der Waals surface area contributed by atoms with Crippen LogP contribution in [0.15, 0.2) is 18.2 Å². The lowest BCUT2D eigenvalue weighted by molar-refractivity contribution is 0.158. The Kier molecular flexibility index (Phi) is 4.66. The zero-order valence-corrected chi connectivity index (χ0v) is 12.1. The molecule has 0 saturated carbocycles. The summed E-state index contributed by atoms with van der Waals surface area (Å²) in [6.45, 7) is 5.22. The van der Waals surface area contributed by atoms with E-state index in [0.717, 1.165) is 37.6 Å². The molecule has 2 unspecified atom stereocenters. The van der Waals surface area contributed by atoms with Gasteiger partial charge in [-0.3, -0.25) is 4.90 Å². The van der Waals surface area contributed by atoms with E-state index in [4.69, 9.17) is 15.2 Å². The first-order chi connectivity index (χ1) is 9.10. The summed E-state index contributed by atoms with van der Waals surface area (Å²) in [6, 6.07) is 6.31. The lowest BCUT2D eigenvalue weighted by atomic mass is 9.96. The van der Waals surface area contributed by atoms with Gasteiger partial charge in [0, 0.05) is 31.7 Å². The second kappa shape index (κ2) is 6.26. The van der Waals surface area contributed by atoms with Crippen LogP contribution in [-0.2, 0) is 6.54 Å². The van der Waals surface area contributed by atoms with E-state index in [1.54, 1.807) is 14.2 Å². The molecule has 106 valence electrons. The Morgan fingerprint density at radius 2 is 1.79 bits per heavy atom. The van der Waals surface area contributed by atoms with Crippen LogP contribution in [0.25, 0.3) is 0 Å². The maximum absolute atomic E-state index is 6.09. The zero-order chi connectivity index (χ0) is 13.8. The number of likely N-dealkylation sites (tertiary alicyclic amines) is 1. The van der Waals surface area contributed by atoms with Gasteiger partial charge in [0.25, 0.3) is 0 Å². The van der Waals surface area contributed by atoms with E-state index in [2.05, 4.69) is 24.0 Å². The van der Waals surface area contributed by atoms with E-state index < -0.39 is 0 Å². The minimum atomic E-state index is 0.288. The SMILES string of the molecule is COc1cc(CN2CC(C)CC(N)C2)cc(OC)c1. The average Bonchev–Trinajstić information content (AvgIpc) is 2.37.